The maximum atomic E-state index is 3.86. The molecule has 0 saturated carbocycles. The number of hydrogen-bond donors (Lipinski definition) is 1. The summed E-state index contributed by atoms with van der Waals surface area (Å²) in [4.78, 5) is 5.57. The van der Waals surface area contributed by atoms with Gasteiger partial charge < -0.3 is 5.32 Å². The van der Waals surface area contributed by atoms with E-state index in [2.05, 4.69) is 29.0 Å². The summed E-state index contributed by atoms with van der Waals surface area (Å²) in [7, 11) is 0. The van der Waals surface area contributed by atoms with E-state index in [0.29, 0.717) is 5.54 Å². The van der Waals surface area contributed by atoms with Crippen LogP contribution in [0.3, 0.4) is 0 Å². The molecule has 0 aromatic heterocycles. The van der Waals surface area contributed by atoms with Gasteiger partial charge in [-0.3, -0.25) is 9.80 Å². The molecule has 0 aromatic rings. The Balaban J connectivity index is 1.63. The average Bonchev–Trinajstić information content (AvgIpc) is 2.88. The van der Waals surface area contributed by atoms with Crippen LogP contribution in [0.4, 0.5) is 0 Å². The number of piperazine rings is 1. The lowest BCUT2D eigenvalue weighted by atomic mass is 9.89. The van der Waals surface area contributed by atoms with Crippen LogP contribution in [-0.2, 0) is 0 Å². The molecule has 3 aliphatic rings. The van der Waals surface area contributed by atoms with Crippen molar-refractivity contribution in [2.45, 2.75) is 76.4 Å². The lowest BCUT2D eigenvalue weighted by Gasteiger charge is -2.49. The fraction of sp³-hybridized carbons (Fsp3) is 1.00. The lowest BCUT2D eigenvalue weighted by Crippen LogP contribution is -2.62. The van der Waals surface area contributed by atoms with Crippen molar-refractivity contribution in [1.29, 1.82) is 0 Å². The van der Waals surface area contributed by atoms with E-state index in [1.54, 1.807) is 0 Å². The Hall–Kier alpha value is -0.120. The molecule has 0 radical (unpaired) electrons. The van der Waals surface area contributed by atoms with Crippen LogP contribution in [0, 0.1) is 0 Å². The second kappa shape index (κ2) is 6.33. The molecule has 3 unspecified atom stereocenters. The zero-order valence-corrected chi connectivity index (χ0v) is 13.5. The summed E-state index contributed by atoms with van der Waals surface area (Å²) < 4.78 is 0. The molecule has 3 aliphatic heterocycles. The lowest BCUT2D eigenvalue weighted by molar-refractivity contribution is 0.00135. The van der Waals surface area contributed by atoms with Crippen LogP contribution in [0.1, 0.15) is 58.8 Å². The zero-order valence-electron chi connectivity index (χ0n) is 13.5. The van der Waals surface area contributed by atoms with Crippen LogP contribution in [0.5, 0.6) is 0 Å². The summed E-state index contributed by atoms with van der Waals surface area (Å²) in [6.45, 7) is 11.3. The molecule has 1 N–H and O–H groups in total. The molecule has 3 heteroatoms. The van der Waals surface area contributed by atoms with E-state index in [1.165, 1.54) is 77.7 Å². The Morgan fingerprint density at radius 3 is 2.85 bits per heavy atom. The summed E-state index contributed by atoms with van der Waals surface area (Å²) in [5.74, 6) is 0. The molecule has 0 aliphatic carbocycles. The number of hydrogen-bond acceptors (Lipinski definition) is 3. The summed E-state index contributed by atoms with van der Waals surface area (Å²) in [6.07, 6.45) is 9.72. The van der Waals surface area contributed by atoms with E-state index in [0.717, 1.165) is 12.1 Å². The first kappa shape index (κ1) is 14.8. The fourth-order valence-electron chi connectivity index (χ4n) is 4.80. The standard InChI is InChI=1S/C17H33N3/c1-3-8-17(9-6-10-18-17)14-20-13-16-7-4-5-11-19(16)12-15(20)2/h15-16,18H,3-14H2,1-2H3. The molecule has 3 fully saturated rings. The van der Waals surface area contributed by atoms with Gasteiger partial charge in [-0.15, -0.1) is 0 Å². The van der Waals surface area contributed by atoms with Crippen molar-refractivity contribution >= 4 is 0 Å². The minimum absolute atomic E-state index is 0.430. The van der Waals surface area contributed by atoms with Crippen molar-refractivity contribution in [2.24, 2.45) is 0 Å². The van der Waals surface area contributed by atoms with E-state index in [9.17, 15) is 0 Å². The minimum Gasteiger partial charge on any atom is -0.310 e. The highest BCUT2D eigenvalue weighted by Crippen LogP contribution is 2.30. The van der Waals surface area contributed by atoms with Gasteiger partial charge in [0.15, 0.2) is 0 Å². The van der Waals surface area contributed by atoms with Crippen molar-refractivity contribution < 1.29 is 0 Å². The first-order valence-corrected chi connectivity index (χ1v) is 8.95. The summed E-state index contributed by atoms with van der Waals surface area (Å²) >= 11 is 0. The first-order chi connectivity index (χ1) is 9.72. The topological polar surface area (TPSA) is 18.5 Å². The molecular formula is C17H33N3. The third kappa shape index (κ3) is 3.05. The van der Waals surface area contributed by atoms with Crippen LogP contribution in [0.15, 0.2) is 0 Å². The predicted octanol–water partition coefficient (Wildman–Crippen LogP) is 2.47. The Morgan fingerprint density at radius 2 is 2.10 bits per heavy atom. The van der Waals surface area contributed by atoms with Crippen LogP contribution >= 0.6 is 0 Å². The summed E-state index contributed by atoms with van der Waals surface area (Å²) in [5, 5.41) is 3.86. The molecule has 3 saturated heterocycles. The number of nitrogens with zero attached hydrogens (tertiary/aromatic N) is 2. The van der Waals surface area contributed by atoms with Crippen molar-refractivity contribution in [3.63, 3.8) is 0 Å². The zero-order chi connectivity index (χ0) is 14.0. The van der Waals surface area contributed by atoms with Gasteiger partial charge in [0.1, 0.15) is 0 Å². The largest absolute Gasteiger partial charge is 0.310 e. The van der Waals surface area contributed by atoms with Gasteiger partial charge in [0.25, 0.3) is 0 Å². The van der Waals surface area contributed by atoms with Crippen LogP contribution in [0.2, 0.25) is 0 Å². The van der Waals surface area contributed by atoms with E-state index < -0.39 is 0 Å². The normalized spacial score (nSPS) is 39.9. The average molecular weight is 279 g/mol. The molecule has 0 bridgehead atoms. The summed E-state index contributed by atoms with van der Waals surface area (Å²) in [5.41, 5.74) is 0.430. The van der Waals surface area contributed by atoms with E-state index in [-0.39, 0.29) is 0 Å². The summed E-state index contributed by atoms with van der Waals surface area (Å²) in [6, 6.07) is 1.58. The second-order valence-electron chi connectivity index (χ2n) is 7.48. The number of fused-ring (bicyclic) bond motifs is 1. The van der Waals surface area contributed by atoms with Gasteiger partial charge in [-0.2, -0.15) is 0 Å². The van der Waals surface area contributed by atoms with E-state index in [4.69, 9.17) is 0 Å². The molecule has 0 amide bonds. The maximum absolute atomic E-state index is 3.86. The highest BCUT2D eigenvalue weighted by molar-refractivity contribution is 4.99. The Kier molecular flexibility index (Phi) is 4.68. The first-order valence-electron chi connectivity index (χ1n) is 8.95. The van der Waals surface area contributed by atoms with Gasteiger partial charge in [0.05, 0.1) is 0 Å². The minimum atomic E-state index is 0.430. The number of rotatable bonds is 4. The van der Waals surface area contributed by atoms with Gasteiger partial charge >= 0.3 is 0 Å². The molecule has 20 heavy (non-hydrogen) atoms. The molecule has 116 valence electrons. The molecule has 3 heterocycles. The van der Waals surface area contributed by atoms with Gasteiger partial charge in [-0.05, 0) is 52.1 Å². The van der Waals surface area contributed by atoms with E-state index >= 15 is 0 Å². The van der Waals surface area contributed by atoms with Gasteiger partial charge in [0, 0.05) is 37.3 Å². The van der Waals surface area contributed by atoms with Gasteiger partial charge in [-0.1, -0.05) is 19.8 Å². The van der Waals surface area contributed by atoms with Gasteiger partial charge in [0.2, 0.25) is 0 Å². The number of piperidine rings is 1. The monoisotopic (exact) mass is 279 g/mol. The smallest absolute Gasteiger partial charge is 0.0309 e. The molecule has 3 nitrogen and oxygen atoms in total. The molecule has 3 rings (SSSR count). The molecular weight excluding hydrogens is 246 g/mol. The van der Waals surface area contributed by atoms with Crippen molar-refractivity contribution in [2.75, 3.05) is 32.7 Å². The van der Waals surface area contributed by atoms with Crippen molar-refractivity contribution in [3.05, 3.63) is 0 Å². The maximum Gasteiger partial charge on any atom is 0.0309 e. The number of nitrogens with one attached hydrogen (secondary N) is 1. The highest BCUT2D eigenvalue weighted by atomic mass is 15.3. The van der Waals surface area contributed by atoms with Crippen LogP contribution in [-0.4, -0.2) is 60.1 Å². The Morgan fingerprint density at radius 1 is 1.20 bits per heavy atom. The Labute approximate surface area is 125 Å². The highest BCUT2D eigenvalue weighted by Gasteiger charge is 2.39. The second-order valence-corrected chi connectivity index (χ2v) is 7.48. The molecule has 0 spiro atoms. The molecule has 0 aromatic carbocycles. The SMILES string of the molecule is CCCC1(CN2CC3CCCCN3CC2C)CCCN1. The van der Waals surface area contributed by atoms with Crippen molar-refractivity contribution in [3.8, 4) is 0 Å². The van der Waals surface area contributed by atoms with Gasteiger partial charge in [-0.25, -0.2) is 0 Å². The van der Waals surface area contributed by atoms with Crippen molar-refractivity contribution in [1.82, 2.24) is 15.1 Å². The van der Waals surface area contributed by atoms with Crippen LogP contribution < -0.4 is 5.32 Å². The third-order valence-electron chi connectivity index (χ3n) is 5.88. The quantitative estimate of drug-likeness (QED) is 0.853. The third-order valence-corrected chi connectivity index (χ3v) is 5.88. The van der Waals surface area contributed by atoms with E-state index in [1.807, 2.05) is 0 Å². The van der Waals surface area contributed by atoms with Crippen LogP contribution in [0.25, 0.3) is 0 Å². The predicted molar refractivity (Wildman–Crippen MR) is 85.1 cm³/mol. The molecule has 3 atom stereocenters. The fourth-order valence-corrected chi connectivity index (χ4v) is 4.80. The Bertz CT molecular complexity index is 311.